The van der Waals surface area contributed by atoms with E-state index in [4.69, 9.17) is 5.21 Å². The third-order valence-electron chi connectivity index (χ3n) is 0.260. The molecule has 36 valence electrons. The first-order valence-electron chi connectivity index (χ1n) is 1.30. The molecular formula is C2H4FNO2. The van der Waals surface area contributed by atoms with Crippen molar-refractivity contribution in [3.05, 3.63) is 0 Å². The molecule has 0 saturated carbocycles. The Balaban J connectivity index is 3.26. The van der Waals surface area contributed by atoms with Gasteiger partial charge in [0.2, 0.25) is 0 Å². The molecule has 0 radical (unpaired) electrons. The van der Waals surface area contributed by atoms with E-state index >= 15 is 0 Å². The number of hydroxylamine groups is 1. The minimum atomic E-state index is -1.02. The van der Waals surface area contributed by atoms with Crippen LogP contribution in [0.1, 0.15) is 6.92 Å². The van der Waals surface area contributed by atoms with Crippen LogP contribution < -0.4 is 0 Å². The number of hydrogen-bond donors (Lipinski definition) is 1. The van der Waals surface area contributed by atoms with Gasteiger partial charge < -0.3 is 0 Å². The van der Waals surface area contributed by atoms with E-state index in [1.165, 1.54) is 0 Å². The van der Waals surface area contributed by atoms with Crippen molar-refractivity contribution in [1.82, 2.24) is 5.29 Å². The van der Waals surface area contributed by atoms with Gasteiger partial charge in [0.15, 0.2) is 0 Å². The summed E-state index contributed by atoms with van der Waals surface area (Å²) in [5.74, 6) is -1.02. The summed E-state index contributed by atoms with van der Waals surface area (Å²) < 4.78 is 10.9. The third kappa shape index (κ3) is 1.66. The van der Waals surface area contributed by atoms with E-state index in [1.807, 2.05) is 0 Å². The van der Waals surface area contributed by atoms with Gasteiger partial charge in [0.05, 0.1) is 0 Å². The lowest BCUT2D eigenvalue weighted by Gasteiger charge is -1.92. The molecule has 0 aromatic heterocycles. The smallest absolute Gasteiger partial charge is 0.270 e. The molecule has 6 heavy (non-hydrogen) atoms. The van der Waals surface area contributed by atoms with Gasteiger partial charge in [-0.05, 0) is 5.29 Å². The first-order chi connectivity index (χ1) is 2.64. The van der Waals surface area contributed by atoms with E-state index in [2.05, 4.69) is 0 Å². The second-order valence-corrected chi connectivity index (χ2v) is 0.779. The monoisotopic (exact) mass is 93.0 g/mol. The molecule has 0 aliphatic carbocycles. The summed E-state index contributed by atoms with van der Waals surface area (Å²) >= 11 is 0. The van der Waals surface area contributed by atoms with Gasteiger partial charge in [-0.15, -0.1) is 0 Å². The predicted molar refractivity (Wildman–Crippen MR) is 15.4 cm³/mol. The highest BCUT2D eigenvalue weighted by Gasteiger charge is 1.96. The lowest BCUT2D eigenvalue weighted by Crippen LogP contribution is -2.12. The normalized spacial score (nSPS) is 7.83. The van der Waals surface area contributed by atoms with Crippen molar-refractivity contribution in [3.63, 3.8) is 0 Å². The van der Waals surface area contributed by atoms with E-state index in [1.54, 1.807) is 0 Å². The molecule has 1 amide bonds. The minimum absolute atomic E-state index is 0.903. The summed E-state index contributed by atoms with van der Waals surface area (Å²) in [4.78, 5) is 9.44. The number of nitrogens with zero attached hydrogens (tertiary/aromatic N) is 1. The molecular weight excluding hydrogens is 89.0 g/mol. The number of rotatable bonds is 0. The Labute approximate surface area is 33.9 Å². The Morgan fingerprint density at radius 3 is 2.17 bits per heavy atom. The molecule has 0 heterocycles. The van der Waals surface area contributed by atoms with Gasteiger partial charge in [0.1, 0.15) is 0 Å². The zero-order valence-electron chi connectivity index (χ0n) is 3.18. The fourth-order valence-electron chi connectivity index (χ4n) is 0. The molecule has 0 unspecified atom stereocenters. The summed E-state index contributed by atoms with van der Waals surface area (Å²) in [5, 5.41) is 6.47. The van der Waals surface area contributed by atoms with Crippen LogP contribution in [-0.2, 0) is 4.79 Å². The van der Waals surface area contributed by atoms with Gasteiger partial charge in [0, 0.05) is 6.92 Å². The summed E-state index contributed by atoms with van der Waals surface area (Å²) in [6.07, 6.45) is 0. The Morgan fingerprint density at radius 2 is 2.17 bits per heavy atom. The molecule has 0 spiro atoms. The topological polar surface area (TPSA) is 40.5 Å². The van der Waals surface area contributed by atoms with Crippen LogP contribution in [0, 0.1) is 0 Å². The first-order valence-corrected chi connectivity index (χ1v) is 1.30. The van der Waals surface area contributed by atoms with E-state index in [-0.39, 0.29) is 0 Å². The van der Waals surface area contributed by atoms with Crippen molar-refractivity contribution in [2.45, 2.75) is 6.92 Å². The highest BCUT2D eigenvalue weighted by molar-refractivity contribution is 5.70. The number of amides is 1. The zero-order valence-corrected chi connectivity index (χ0v) is 3.18. The largest absolute Gasteiger partial charge is 0.275 e. The maximum absolute atomic E-state index is 10.9. The van der Waals surface area contributed by atoms with Crippen LogP contribution in [0.15, 0.2) is 0 Å². The Hall–Kier alpha value is -0.640. The van der Waals surface area contributed by atoms with E-state index < -0.39 is 11.2 Å². The molecule has 0 saturated heterocycles. The van der Waals surface area contributed by atoms with Gasteiger partial charge in [-0.2, -0.15) is 0 Å². The number of halogens is 1. The highest BCUT2D eigenvalue weighted by atomic mass is 19.2. The Morgan fingerprint density at radius 1 is 2.00 bits per heavy atom. The van der Waals surface area contributed by atoms with Crippen molar-refractivity contribution in [2.75, 3.05) is 0 Å². The first kappa shape index (κ1) is 5.36. The van der Waals surface area contributed by atoms with Crippen molar-refractivity contribution in [3.8, 4) is 0 Å². The quantitative estimate of drug-likeness (QED) is 0.262. The summed E-state index contributed by atoms with van der Waals surface area (Å²) in [5.41, 5.74) is 0. The predicted octanol–water partition coefficient (Wildman–Crippen LogP) is 0.109. The van der Waals surface area contributed by atoms with Crippen molar-refractivity contribution < 1.29 is 14.5 Å². The molecule has 0 rings (SSSR count). The van der Waals surface area contributed by atoms with Crippen LogP contribution in [0.2, 0.25) is 0 Å². The van der Waals surface area contributed by atoms with Gasteiger partial charge in [0.25, 0.3) is 5.91 Å². The van der Waals surface area contributed by atoms with E-state index in [0.29, 0.717) is 0 Å². The molecule has 0 fully saturated rings. The fraction of sp³-hybridized carbons (Fsp3) is 0.500. The van der Waals surface area contributed by atoms with Crippen molar-refractivity contribution in [2.24, 2.45) is 0 Å². The number of carbonyl (C=O) groups is 1. The molecule has 0 atom stereocenters. The maximum atomic E-state index is 10.9. The molecule has 0 aromatic carbocycles. The third-order valence-corrected chi connectivity index (χ3v) is 0.260. The molecule has 0 aliphatic rings. The molecule has 1 N–H and O–H groups in total. The van der Waals surface area contributed by atoms with Crippen LogP contribution in [0.5, 0.6) is 0 Å². The van der Waals surface area contributed by atoms with Gasteiger partial charge in [-0.3, -0.25) is 10.0 Å². The second kappa shape index (κ2) is 1.71. The molecule has 0 aliphatic heterocycles. The Bertz CT molecular complexity index is 62.6. The average Bonchev–Trinajstić information content (AvgIpc) is 1.36. The van der Waals surface area contributed by atoms with Gasteiger partial charge in [-0.1, -0.05) is 4.48 Å². The minimum Gasteiger partial charge on any atom is -0.270 e. The lowest BCUT2D eigenvalue weighted by atomic mass is 10.8. The van der Waals surface area contributed by atoms with Crippen molar-refractivity contribution >= 4 is 5.91 Å². The number of hydrogen-bond acceptors (Lipinski definition) is 2. The number of carbonyl (C=O) groups excluding carboxylic acids is 1. The highest BCUT2D eigenvalue weighted by Crippen LogP contribution is 1.77. The van der Waals surface area contributed by atoms with E-state index in [0.717, 1.165) is 6.92 Å². The maximum Gasteiger partial charge on any atom is 0.275 e. The van der Waals surface area contributed by atoms with Crippen LogP contribution in [0.25, 0.3) is 0 Å². The second-order valence-electron chi connectivity index (χ2n) is 0.779. The summed E-state index contributed by atoms with van der Waals surface area (Å²) in [7, 11) is 0. The average molecular weight is 93.1 g/mol. The fourth-order valence-corrected chi connectivity index (χ4v) is 0. The molecule has 3 nitrogen and oxygen atoms in total. The zero-order chi connectivity index (χ0) is 5.15. The van der Waals surface area contributed by atoms with Crippen LogP contribution in [-0.4, -0.2) is 16.4 Å². The van der Waals surface area contributed by atoms with Crippen LogP contribution >= 0.6 is 0 Å². The van der Waals surface area contributed by atoms with Gasteiger partial charge in [-0.25, -0.2) is 0 Å². The molecule has 4 heteroatoms. The SMILES string of the molecule is CC(=O)N(O)F. The van der Waals surface area contributed by atoms with Crippen LogP contribution in [0.3, 0.4) is 0 Å². The van der Waals surface area contributed by atoms with Crippen LogP contribution in [0.4, 0.5) is 4.48 Å². The van der Waals surface area contributed by atoms with E-state index in [9.17, 15) is 9.28 Å². The standard InChI is InChI=1S/C2H4FNO2/c1-2(5)4(3)6/h6H,1H3. The van der Waals surface area contributed by atoms with Gasteiger partial charge >= 0.3 is 0 Å². The molecule has 0 aromatic rings. The Kier molecular flexibility index (Phi) is 1.53. The summed E-state index contributed by atoms with van der Waals surface area (Å²) in [6, 6.07) is 0. The summed E-state index contributed by atoms with van der Waals surface area (Å²) in [6.45, 7) is 0.903. The lowest BCUT2D eigenvalue weighted by molar-refractivity contribution is -0.229. The molecule has 0 bridgehead atoms. The van der Waals surface area contributed by atoms with Crippen molar-refractivity contribution in [1.29, 1.82) is 0 Å².